The Hall–Kier alpha value is -0.950. The smallest absolute Gasteiger partial charge is 0.294 e. The molecule has 5 nitrogen and oxygen atoms in total. The van der Waals surface area contributed by atoms with E-state index in [9.17, 15) is 8.42 Å². The molecule has 122 valence electrons. The molecule has 0 unspecified atom stereocenters. The summed E-state index contributed by atoms with van der Waals surface area (Å²) in [6.07, 6.45) is 2.43. The topological polar surface area (TPSA) is 86.6 Å². The van der Waals surface area contributed by atoms with E-state index in [2.05, 4.69) is 12.2 Å². The van der Waals surface area contributed by atoms with Crippen LogP contribution in [0.4, 0.5) is 0 Å². The summed E-state index contributed by atoms with van der Waals surface area (Å²) < 4.78 is 30.3. The van der Waals surface area contributed by atoms with Gasteiger partial charge in [0.25, 0.3) is 10.1 Å². The molecule has 0 aromatic heterocycles. The fourth-order valence-corrected chi connectivity index (χ4v) is 2.08. The number of aliphatic hydroxyl groups excluding tert-OH is 1. The van der Waals surface area contributed by atoms with Crippen LogP contribution in [-0.2, 0) is 10.1 Å². The lowest BCUT2D eigenvalue weighted by molar-refractivity contribution is 0.292. The van der Waals surface area contributed by atoms with Crippen molar-refractivity contribution in [3.8, 4) is 0 Å². The van der Waals surface area contributed by atoms with Gasteiger partial charge < -0.3 is 10.4 Å². The third-order valence-electron chi connectivity index (χ3n) is 2.82. The summed E-state index contributed by atoms with van der Waals surface area (Å²) in [5.74, 6) is 0.252. The molecule has 1 rings (SSSR count). The summed E-state index contributed by atoms with van der Waals surface area (Å²) in [6, 6.07) is 6.32. The molecule has 0 radical (unpaired) electrons. The van der Waals surface area contributed by atoms with Gasteiger partial charge in [-0.05, 0) is 36.6 Å². The van der Waals surface area contributed by atoms with E-state index in [0.717, 1.165) is 18.7 Å². The first-order valence-electron chi connectivity index (χ1n) is 7.22. The second kappa shape index (κ2) is 10.7. The molecule has 0 aliphatic rings. The third kappa shape index (κ3) is 9.57. The molecule has 3 N–H and O–H groups in total. The lowest BCUT2D eigenvalue weighted by Gasteiger charge is -2.05. The van der Waals surface area contributed by atoms with Gasteiger partial charge in [-0.25, -0.2) is 0 Å². The maximum atomic E-state index is 10.8. The zero-order valence-corrected chi connectivity index (χ0v) is 13.9. The second-order valence-corrected chi connectivity index (χ2v) is 6.45. The van der Waals surface area contributed by atoms with Crippen molar-refractivity contribution in [2.45, 2.75) is 44.4 Å². The van der Waals surface area contributed by atoms with E-state index in [1.807, 2.05) is 19.9 Å². The first-order valence-corrected chi connectivity index (χ1v) is 8.66. The van der Waals surface area contributed by atoms with Crippen molar-refractivity contribution >= 4 is 10.1 Å². The minimum absolute atomic E-state index is 0.0429. The van der Waals surface area contributed by atoms with Crippen LogP contribution < -0.4 is 5.32 Å². The zero-order valence-electron chi connectivity index (χ0n) is 13.0. The van der Waals surface area contributed by atoms with Crippen molar-refractivity contribution < 1.29 is 18.1 Å². The van der Waals surface area contributed by atoms with Crippen molar-refractivity contribution in [3.05, 3.63) is 29.8 Å². The highest BCUT2D eigenvalue weighted by molar-refractivity contribution is 7.85. The Kier molecular flexibility index (Phi) is 10.2. The molecule has 21 heavy (non-hydrogen) atoms. The Balaban J connectivity index is 0.000000433. The molecule has 1 aromatic rings. The molecule has 0 saturated heterocycles. The minimum atomic E-state index is -4.06. The highest BCUT2D eigenvalue weighted by Crippen LogP contribution is 2.18. The van der Waals surface area contributed by atoms with E-state index in [1.165, 1.54) is 25.0 Å². The van der Waals surface area contributed by atoms with Crippen molar-refractivity contribution in [2.75, 3.05) is 19.7 Å². The van der Waals surface area contributed by atoms with Crippen LogP contribution in [0, 0.1) is 0 Å². The van der Waals surface area contributed by atoms with Crippen LogP contribution in [0.5, 0.6) is 0 Å². The second-order valence-electron chi connectivity index (χ2n) is 5.03. The minimum Gasteiger partial charge on any atom is -0.395 e. The average molecular weight is 317 g/mol. The van der Waals surface area contributed by atoms with E-state index < -0.39 is 10.1 Å². The molecule has 0 fully saturated rings. The molecule has 0 atom stereocenters. The summed E-state index contributed by atoms with van der Waals surface area (Å²) in [7, 11) is -4.06. The number of aliphatic hydroxyl groups is 1. The van der Waals surface area contributed by atoms with Crippen LogP contribution in [0.3, 0.4) is 0 Å². The van der Waals surface area contributed by atoms with Gasteiger partial charge in [0.05, 0.1) is 11.5 Å². The monoisotopic (exact) mass is 317 g/mol. The van der Waals surface area contributed by atoms with Gasteiger partial charge in [0.2, 0.25) is 0 Å². The standard InChI is InChI=1S/C9H12O3S.C6H15NO/c1-7(2)8-4-3-5-9(6-8)13(10,11)12;1-2-3-4-7-5-6-8/h3-7H,1-2H3,(H,10,11,12);7-8H,2-6H2,1H3. The van der Waals surface area contributed by atoms with Gasteiger partial charge in [-0.15, -0.1) is 0 Å². The molecule has 0 heterocycles. The highest BCUT2D eigenvalue weighted by atomic mass is 32.2. The molecule has 1 aromatic carbocycles. The molecule has 0 aliphatic heterocycles. The van der Waals surface area contributed by atoms with Crippen molar-refractivity contribution in [3.63, 3.8) is 0 Å². The number of benzene rings is 1. The zero-order chi connectivity index (χ0) is 16.3. The maximum Gasteiger partial charge on any atom is 0.294 e. The molecular formula is C15H27NO4S. The Morgan fingerprint density at radius 1 is 1.24 bits per heavy atom. The summed E-state index contributed by atoms with van der Waals surface area (Å²) in [4.78, 5) is -0.0429. The molecule has 0 amide bonds. The third-order valence-corrected chi connectivity index (χ3v) is 3.67. The van der Waals surface area contributed by atoms with Crippen molar-refractivity contribution in [1.82, 2.24) is 5.32 Å². The van der Waals surface area contributed by atoms with Gasteiger partial charge in [0.15, 0.2) is 0 Å². The SMILES string of the molecule is CC(C)c1cccc(S(=O)(=O)O)c1.CCCCNCCO. The lowest BCUT2D eigenvalue weighted by atomic mass is 10.0. The first kappa shape index (κ1) is 20.1. The molecule has 0 aliphatic carbocycles. The first-order chi connectivity index (χ1) is 9.82. The molecule has 6 heteroatoms. The Labute approximate surface area is 128 Å². The number of hydrogen-bond acceptors (Lipinski definition) is 4. The number of unbranched alkanes of at least 4 members (excludes halogenated alkanes) is 1. The molecule has 0 spiro atoms. The van der Waals surface area contributed by atoms with Gasteiger partial charge in [0.1, 0.15) is 0 Å². The summed E-state index contributed by atoms with van der Waals surface area (Å²) in [5, 5.41) is 11.4. The fourth-order valence-electron chi connectivity index (χ4n) is 1.54. The fraction of sp³-hybridized carbons (Fsp3) is 0.600. The van der Waals surface area contributed by atoms with E-state index in [4.69, 9.17) is 9.66 Å². The summed E-state index contributed by atoms with van der Waals surface area (Å²) in [6.45, 7) is 8.10. The summed E-state index contributed by atoms with van der Waals surface area (Å²) >= 11 is 0. The van der Waals surface area contributed by atoms with Crippen molar-refractivity contribution in [1.29, 1.82) is 0 Å². The van der Waals surface area contributed by atoms with Gasteiger partial charge in [0, 0.05) is 6.54 Å². The predicted molar refractivity (Wildman–Crippen MR) is 85.2 cm³/mol. The Morgan fingerprint density at radius 2 is 1.90 bits per heavy atom. The largest absolute Gasteiger partial charge is 0.395 e. The predicted octanol–water partition coefficient (Wildman–Crippen LogP) is 2.43. The van der Waals surface area contributed by atoms with Crippen LogP contribution in [-0.4, -0.2) is 37.8 Å². The van der Waals surface area contributed by atoms with E-state index in [0.29, 0.717) is 0 Å². The maximum absolute atomic E-state index is 10.8. The van der Waals surface area contributed by atoms with Crippen LogP contribution in [0.2, 0.25) is 0 Å². The van der Waals surface area contributed by atoms with E-state index in [1.54, 1.807) is 6.07 Å². The normalized spacial score (nSPS) is 11.1. The van der Waals surface area contributed by atoms with Crippen LogP contribution in [0.1, 0.15) is 45.1 Å². The summed E-state index contributed by atoms with van der Waals surface area (Å²) in [5.41, 5.74) is 0.898. The van der Waals surface area contributed by atoms with Gasteiger partial charge >= 0.3 is 0 Å². The molecule has 0 bridgehead atoms. The van der Waals surface area contributed by atoms with Crippen LogP contribution in [0.25, 0.3) is 0 Å². The van der Waals surface area contributed by atoms with Gasteiger partial charge in [-0.3, -0.25) is 4.55 Å². The van der Waals surface area contributed by atoms with E-state index in [-0.39, 0.29) is 17.4 Å². The van der Waals surface area contributed by atoms with E-state index >= 15 is 0 Å². The lowest BCUT2D eigenvalue weighted by Crippen LogP contribution is -2.18. The highest BCUT2D eigenvalue weighted by Gasteiger charge is 2.10. The molecule has 0 saturated carbocycles. The van der Waals surface area contributed by atoms with Crippen LogP contribution >= 0.6 is 0 Å². The molecular weight excluding hydrogens is 290 g/mol. The average Bonchev–Trinajstić information content (AvgIpc) is 2.44. The van der Waals surface area contributed by atoms with Crippen molar-refractivity contribution in [2.24, 2.45) is 0 Å². The quantitative estimate of drug-likeness (QED) is 0.531. The van der Waals surface area contributed by atoms with Gasteiger partial charge in [-0.1, -0.05) is 39.3 Å². The number of rotatable bonds is 7. The number of hydrogen-bond donors (Lipinski definition) is 3. The Morgan fingerprint density at radius 3 is 2.38 bits per heavy atom. The van der Waals surface area contributed by atoms with Gasteiger partial charge in [-0.2, -0.15) is 8.42 Å². The number of nitrogens with one attached hydrogen (secondary N) is 1. The Bertz CT molecular complexity index is 480. The van der Waals surface area contributed by atoms with Crippen LogP contribution in [0.15, 0.2) is 29.2 Å².